The fourth-order valence-corrected chi connectivity index (χ4v) is 3.93. The van der Waals surface area contributed by atoms with Gasteiger partial charge >= 0.3 is 0 Å². The number of nitrogens with zero attached hydrogens (tertiary/aromatic N) is 3. The summed E-state index contributed by atoms with van der Waals surface area (Å²) in [6.45, 7) is 0. The molecule has 0 saturated carbocycles. The third kappa shape index (κ3) is 1.99. The van der Waals surface area contributed by atoms with E-state index in [4.69, 9.17) is 4.98 Å². The molecule has 1 aromatic carbocycles. The van der Waals surface area contributed by atoms with Crippen molar-refractivity contribution in [2.45, 2.75) is 0 Å². The van der Waals surface area contributed by atoms with Crippen molar-refractivity contribution in [1.29, 1.82) is 0 Å². The first kappa shape index (κ1) is 12.7. The van der Waals surface area contributed by atoms with E-state index in [0.29, 0.717) is 0 Å². The number of pyridine rings is 3. The van der Waals surface area contributed by atoms with Gasteiger partial charge in [0.2, 0.25) is 0 Å². The Hall–Kier alpha value is -2.85. The van der Waals surface area contributed by atoms with Gasteiger partial charge < -0.3 is 0 Å². The van der Waals surface area contributed by atoms with Gasteiger partial charge in [-0.2, -0.15) is 0 Å². The molecule has 0 fully saturated rings. The molecule has 4 aromatic heterocycles. The Balaban J connectivity index is 1.76. The van der Waals surface area contributed by atoms with E-state index in [0.717, 1.165) is 22.4 Å². The quantitative estimate of drug-likeness (QED) is 0.434. The Morgan fingerprint density at radius 3 is 2.65 bits per heavy atom. The number of hydrogen-bond acceptors (Lipinski definition) is 4. The predicted molar refractivity (Wildman–Crippen MR) is 95.7 cm³/mol. The second-order valence-corrected chi connectivity index (χ2v) is 6.49. The molecule has 4 heterocycles. The van der Waals surface area contributed by atoms with Crippen LogP contribution in [0.4, 0.5) is 0 Å². The van der Waals surface area contributed by atoms with E-state index < -0.39 is 0 Å². The van der Waals surface area contributed by atoms with Crippen molar-refractivity contribution < 1.29 is 0 Å². The van der Waals surface area contributed by atoms with E-state index in [2.05, 4.69) is 40.3 Å². The summed E-state index contributed by atoms with van der Waals surface area (Å²) in [5.41, 5.74) is 3.56. The molecule has 0 unspecified atom stereocenters. The van der Waals surface area contributed by atoms with Gasteiger partial charge in [-0.05, 0) is 36.4 Å². The Morgan fingerprint density at radius 1 is 0.696 bits per heavy atom. The molecule has 0 aliphatic rings. The molecule has 0 radical (unpaired) electrons. The van der Waals surface area contributed by atoms with Gasteiger partial charge in [0.25, 0.3) is 0 Å². The standard InChI is InChI=1S/C19H11N3S/c1-2-6-18-12(4-1)13-10-17(21-11-19(13)23-18)16-8-7-14-15(22-16)5-3-9-20-14/h1-11H. The molecular formula is C19H11N3S. The molecule has 4 heteroatoms. The topological polar surface area (TPSA) is 38.7 Å². The normalized spacial score (nSPS) is 11.5. The monoisotopic (exact) mass is 313 g/mol. The molecule has 0 bridgehead atoms. The summed E-state index contributed by atoms with van der Waals surface area (Å²) in [5, 5.41) is 2.52. The fourth-order valence-electron chi connectivity index (χ4n) is 2.87. The molecule has 3 nitrogen and oxygen atoms in total. The number of hydrogen-bond donors (Lipinski definition) is 0. The van der Waals surface area contributed by atoms with Crippen LogP contribution in [0.15, 0.2) is 67.0 Å². The van der Waals surface area contributed by atoms with E-state index in [-0.39, 0.29) is 0 Å². The smallest absolute Gasteiger partial charge is 0.0895 e. The van der Waals surface area contributed by atoms with E-state index in [9.17, 15) is 0 Å². The van der Waals surface area contributed by atoms with Crippen molar-refractivity contribution in [1.82, 2.24) is 15.0 Å². The molecule has 0 saturated heterocycles. The van der Waals surface area contributed by atoms with Crippen LogP contribution in [0.2, 0.25) is 0 Å². The van der Waals surface area contributed by atoms with Crippen LogP contribution in [0.25, 0.3) is 42.6 Å². The average Bonchev–Trinajstić information content (AvgIpc) is 2.99. The van der Waals surface area contributed by atoms with Gasteiger partial charge in [-0.15, -0.1) is 11.3 Å². The molecule has 0 N–H and O–H groups in total. The van der Waals surface area contributed by atoms with Crippen LogP contribution in [0.3, 0.4) is 0 Å². The highest BCUT2D eigenvalue weighted by Gasteiger charge is 2.09. The Bertz CT molecular complexity index is 1180. The summed E-state index contributed by atoms with van der Waals surface area (Å²) in [5.74, 6) is 0. The van der Waals surface area contributed by atoms with Gasteiger partial charge in [0.05, 0.1) is 27.1 Å². The Morgan fingerprint density at radius 2 is 1.65 bits per heavy atom. The molecule has 23 heavy (non-hydrogen) atoms. The minimum absolute atomic E-state index is 0.877. The summed E-state index contributed by atoms with van der Waals surface area (Å²) in [6.07, 6.45) is 3.73. The molecule has 0 amide bonds. The number of aromatic nitrogens is 3. The first-order valence-corrected chi connectivity index (χ1v) is 8.19. The Kier molecular flexibility index (Phi) is 2.66. The first-order chi connectivity index (χ1) is 11.4. The summed E-state index contributed by atoms with van der Waals surface area (Å²) >= 11 is 1.78. The van der Waals surface area contributed by atoms with Crippen LogP contribution in [0.5, 0.6) is 0 Å². The minimum Gasteiger partial charge on any atom is -0.255 e. The second kappa shape index (κ2) is 4.83. The lowest BCUT2D eigenvalue weighted by molar-refractivity contribution is 1.28. The van der Waals surface area contributed by atoms with Gasteiger partial charge in [-0.3, -0.25) is 9.97 Å². The SMILES string of the molecule is c1cnc2ccc(-c3cc4c(cn3)sc3ccccc34)nc2c1. The Labute approximate surface area is 136 Å². The molecule has 5 rings (SSSR count). The van der Waals surface area contributed by atoms with E-state index >= 15 is 0 Å². The molecule has 108 valence electrons. The van der Waals surface area contributed by atoms with Crippen molar-refractivity contribution in [3.05, 3.63) is 67.0 Å². The van der Waals surface area contributed by atoms with Crippen molar-refractivity contribution in [3.63, 3.8) is 0 Å². The van der Waals surface area contributed by atoms with Crippen molar-refractivity contribution in [3.8, 4) is 11.4 Å². The molecule has 0 aliphatic heterocycles. The largest absolute Gasteiger partial charge is 0.255 e. The lowest BCUT2D eigenvalue weighted by atomic mass is 10.1. The van der Waals surface area contributed by atoms with Crippen molar-refractivity contribution >= 4 is 42.5 Å². The van der Waals surface area contributed by atoms with Crippen LogP contribution in [0, 0.1) is 0 Å². The maximum atomic E-state index is 4.70. The number of thiophene rings is 1. The zero-order chi connectivity index (χ0) is 15.2. The lowest BCUT2D eigenvalue weighted by Crippen LogP contribution is -1.89. The molecular weight excluding hydrogens is 302 g/mol. The molecule has 0 aliphatic carbocycles. The van der Waals surface area contributed by atoms with Crippen LogP contribution in [0.1, 0.15) is 0 Å². The number of rotatable bonds is 1. The average molecular weight is 313 g/mol. The molecule has 0 atom stereocenters. The van der Waals surface area contributed by atoms with E-state index in [1.54, 1.807) is 17.5 Å². The van der Waals surface area contributed by atoms with Gasteiger partial charge in [0.15, 0.2) is 0 Å². The maximum absolute atomic E-state index is 4.70. The lowest BCUT2D eigenvalue weighted by Gasteiger charge is -2.02. The second-order valence-electron chi connectivity index (χ2n) is 5.40. The van der Waals surface area contributed by atoms with Crippen molar-refractivity contribution in [2.75, 3.05) is 0 Å². The van der Waals surface area contributed by atoms with Crippen LogP contribution in [-0.2, 0) is 0 Å². The predicted octanol–water partition coefficient (Wildman–Crippen LogP) is 5.06. The van der Waals surface area contributed by atoms with Crippen LogP contribution >= 0.6 is 11.3 Å². The summed E-state index contributed by atoms with van der Waals surface area (Å²) in [7, 11) is 0. The van der Waals surface area contributed by atoms with Crippen LogP contribution < -0.4 is 0 Å². The minimum atomic E-state index is 0.877. The molecule has 0 spiro atoms. The third-order valence-corrected chi connectivity index (χ3v) is 5.10. The summed E-state index contributed by atoms with van der Waals surface area (Å²) in [4.78, 5) is 13.6. The van der Waals surface area contributed by atoms with Gasteiger partial charge in [0.1, 0.15) is 0 Å². The zero-order valence-corrected chi connectivity index (χ0v) is 12.9. The van der Waals surface area contributed by atoms with Gasteiger partial charge in [0, 0.05) is 27.9 Å². The molecule has 5 aromatic rings. The number of benzene rings is 1. The third-order valence-electron chi connectivity index (χ3n) is 3.98. The maximum Gasteiger partial charge on any atom is 0.0895 e. The highest BCUT2D eigenvalue weighted by molar-refractivity contribution is 7.25. The number of fused-ring (bicyclic) bond motifs is 4. The van der Waals surface area contributed by atoms with Crippen LogP contribution in [-0.4, -0.2) is 15.0 Å². The highest BCUT2D eigenvalue weighted by atomic mass is 32.1. The van der Waals surface area contributed by atoms with E-state index in [1.165, 1.54) is 20.2 Å². The first-order valence-electron chi connectivity index (χ1n) is 7.38. The van der Waals surface area contributed by atoms with Crippen molar-refractivity contribution in [2.24, 2.45) is 0 Å². The summed E-state index contributed by atoms with van der Waals surface area (Å²) < 4.78 is 2.49. The van der Waals surface area contributed by atoms with E-state index in [1.807, 2.05) is 30.5 Å². The summed E-state index contributed by atoms with van der Waals surface area (Å²) in [6, 6.07) is 18.5. The zero-order valence-electron chi connectivity index (χ0n) is 12.1. The van der Waals surface area contributed by atoms with Gasteiger partial charge in [-0.1, -0.05) is 18.2 Å². The highest BCUT2D eigenvalue weighted by Crippen LogP contribution is 2.34. The van der Waals surface area contributed by atoms with Gasteiger partial charge in [-0.25, -0.2) is 4.98 Å². The fraction of sp³-hybridized carbons (Fsp3) is 0.